The molecule has 3 atom stereocenters. The summed E-state index contributed by atoms with van der Waals surface area (Å²) in [6.45, 7) is 9.41. The van der Waals surface area contributed by atoms with Gasteiger partial charge in [0.05, 0.1) is 19.3 Å². The van der Waals surface area contributed by atoms with Crippen molar-refractivity contribution < 1.29 is 14.3 Å². The third kappa shape index (κ3) is 5.19. The summed E-state index contributed by atoms with van der Waals surface area (Å²) in [7, 11) is 0. The fourth-order valence-corrected chi connectivity index (χ4v) is 4.73. The molecule has 5 heteroatoms. The number of ether oxygens (including phenoxy) is 2. The third-order valence-electron chi connectivity index (χ3n) is 5.95. The molecular formula is C23H36N2O3. The zero-order chi connectivity index (χ0) is 20.1. The van der Waals surface area contributed by atoms with E-state index in [1.807, 2.05) is 32.0 Å². The van der Waals surface area contributed by atoms with Crippen molar-refractivity contribution in [3.8, 4) is 11.5 Å². The average Bonchev–Trinajstić information content (AvgIpc) is 3.00. The van der Waals surface area contributed by atoms with Crippen molar-refractivity contribution in [1.82, 2.24) is 10.6 Å². The molecule has 2 bridgehead atoms. The van der Waals surface area contributed by atoms with Gasteiger partial charge < -0.3 is 20.1 Å². The number of amides is 1. The van der Waals surface area contributed by atoms with E-state index in [1.165, 1.54) is 12.8 Å². The van der Waals surface area contributed by atoms with Gasteiger partial charge in [0.15, 0.2) is 11.5 Å². The van der Waals surface area contributed by atoms with Crippen LogP contribution in [0.2, 0.25) is 0 Å². The van der Waals surface area contributed by atoms with E-state index < -0.39 is 0 Å². The lowest BCUT2D eigenvalue weighted by atomic mass is 9.89. The quantitative estimate of drug-likeness (QED) is 0.665. The second-order valence-electron chi connectivity index (χ2n) is 8.54. The van der Waals surface area contributed by atoms with Crippen LogP contribution in [0.4, 0.5) is 0 Å². The number of carbonyl (C=O) groups is 1. The highest BCUT2D eigenvalue weighted by molar-refractivity contribution is 5.76. The minimum Gasteiger partial charge on any atom is -0.490 e. The maximum atomic E-state index is 12.8. The van der Waals surface area contributed by atoms with Crippen molar-refractivity contribution in [2.45, 2.75) is 77.9 Å². The van der Waals surface area contributed by atoms with Gasteiger partial charge in [-0.05, 0) is 69.1 Å². The number of hydrogen-bond donors (Lipinski definition) is 2. The molecule has 0 aliphatic carbocycles. The minimum atomic E-state index is -0.0270. The van der Waals surface area contributed by atoms with E-state index >= 15 is 0 Å². The monoisotopic (exact) mass is 388 g/mol. The molecule has 3 unspecified atom stereocenters. The molecule has 2 N–H and O–H groups in total. The zero-order valence-electron chi connectivity index (χ0n) is 17.8. The number of benzene rings is 1. The van der Waals surface area contributed by atoms with Gasteiger partial charge >= 0.3 is 0 Å². The van der Waals surface area contributed by atoms with Crippen molar-refractivity contribution in [3.63, 3.8) is 0 Å². The number of nitrogens with one attached hydrogen (secondary N) is 2. The highest BCUT2D eigenvalue weighted by Crippen LogP contribution is 2.35. The Kier molecular flexibility index (Phi) is 7.22. The third-order valence-corrected chi connectivity index (χ3v) is 5.95. The van der Waals surface area contributed by atoms with E-state index in [-0.39, 0.29) is 11.9 Å². The molecule has 1 amide bonds. The summed E-state index contributed by atoms with van der Waals surface area (Å²) in [5.41, 5.74) is 1.07. The van der Waals surface area contributed by atoms with Gasteiger partial charge in [0.2, 0.25) is 5.91 Å². The predicted molar refractivity (Wildman–Crippen MR) is 112 cm³/mol. The van der Waals surface area contributed by atoms with Gasteiger partial charge in [-0.1, -0.05) is 19.9 Å². The van der Waals surface area contributed by atoms with E-state index in [0.717, 1.165) is 29.9 Å². The highest BCUT2D eigenvalue weighted by Gasteiger charge is 2.34. The first-order valence-electron chi connectivity index (χ1n) is 10.9. The number of carbonyl (C=O) groups excluding carboxylic acids is 1. The Bertz CT molecular complexity index is 649. The molecule has 5 nitrogen and oxygen atoms in total. The van der Waals surface area contributed by atoms with Crippen LogP contribution in [0.1, 0.15) is 71.4 Å². The SMILES string of the molecule is CCOc1ccc(C(NC(=O)CC2CC3CCC(C2)N3)C(C)C)cc1OCC. The fourth-order valence-electron chi connectivity index (χ4n) is 4.73. The highest BCUT2D eigenvalue weighted by atomic mass is 16.5. The second-order valence-corrected chi connectivity index (χ2v) is 8.54. The lowest BCUT2D eigenvalue weighted by Crippen LogP contribution is -2.40. The van der Waals surface area contributed by atoms with Gasteiger partial charge in [-0.3, -0.25) is 4.79 Å². The maximum Gasteiger partial charge on any atom is 0.220 e. The van der Waals surface area contributed by atoms with Gasteiger partial charge in [-0.15, -0.1) is 0 Å². The predicted octanol–water partition coefficient (Wildman–Crippen LogP) is 4.22. The van der Waals surface area contributed by atoms with E-state index in [0.29, 0.717) is 43.6 Å². The molecule has 2 fully saturated rings. The first-order valence-corrected chi connectivity index (χ1v) is 10.9. The Balaban J connectivity index is 1.67. The molecule has 0 radical (unpaired) electrons. The van der Waals surface area contributed by atoms with Crippen molar-refractivity contribution in [2.75, 3.05) is 13.2 Å². The summed E-state index contributed by atoms with van der Waals surface area (Å²) in [4.78, 5) is 12.8. The van der Waals surface area contributed by atoms with Crippen LogP contribution in [-0.2, 0) is 4.79 Å². The van der Waals surface area contributed by atoms with Crippen LogP contribution in [-0.4, -0.2) is 31.2 Å². The number of fused-ring (bicyclic) bond motifs is 2. The van der Waals surface area contributed by atoms with Crippen LogP contribution in [0.15, 0.2) is 18.2 Å². The van der Waals surface area contributed by atoms with E-state index in [2.05, 4.69) is 24.5 Å². The van der Waals surface area contributed by atoms with Gasteiger partial charge in [-0.25, -0.2) is 0 Å². The zero-order valence-corrected chi connectivity index (χ0v) is 17.8. The smallest absolute Gasteiger partial charge is 0.220 e. The lowest BCUT2D eigenvalue weighted by Gasteiger charge is -2.30. The summed E-state index contributed by atoms with van der Waals surface area (Å²) in [5.74, 6) is 2.46. The van der Waals surface area contributed by atoms with E-state index in [9.17, 15) is 4.79 Å². The maximum absolute atomic E-state index is 12.8. The fraction of sp³-hybridized carbons (Fsp3) is 0.696. The second kappa shape index (κ2) is 9.64. The van der Waals surface area contributed by atoms with E-state index in [4.69, 9.17) is 9.47 Å². The molecule has 2 saturated heterocycles. The van der Waals surface area contributed by atoms with Crippen molar-refractivity contribution >= 4 is 5.91 Å². The first kappa shape index (κ1) is 21.0. The molecule has 2 heterocycles. The van der Waals surface area contributed by atoms with Crippen LogP contribution in [0.25, 0.3) is 0 Å². The molecule has 2 aliphatic heterocycles. The number of rotatable bonds is 9. The molecule has 2 aliphatic rings. The van der Waals surface area contributed by atoms with Crippen LogP contribution < -0.4 is 20.1 Å². The Morgan fingerprint density at radius 2 is 1.75 bits per heavy atom. The molecule has 3 rings (SSSR count). The molecule has 156 valence electrons. The van der Waals surface area contributed by atoms with Crippen molar-refractivity contribution in [3.05, 3.63) is 23.8 Å². The van der Waals surface area contributed by atoms with Gasteiger partial charge in [0, 0.05) is 18.5 Å². The molecule has 1 aromatic carbocycles. The van der Waals surface area contributed by atoms with E-state index in [1.54, 1.807) is 0 Å². The van der Waals surface area contributed by atoms with Crippen molar-refractivity contribution in [2.24, 2.45) is 11.8 Å². The molecule has 0 aromatic heterocycles. The minimum absolute atomic E-state index is 0.0270. The molecular weight excluding hydrogens is 352 g/mol. The lowest BCUT2D eigenvalue weighted by molar-refractivity contribution is -0.123. The van der Waals surface area contributed by atoms with Crippen molar-refractivity contribution in [1.29, 1.82) is 0 Å². The number of piperidine rings is 1. The molecule has 1 aromatic rings. The number of hydrogen-bond acceptors (Lipinski definition) is 4. The topological polar surface area (TPSA) is 59.6 Å². The summed E-state index contributed by atoms with van der Waals surface area (Å²) < 4.78 is 11.4. The molecule has 0 spiro atoms. The summed E-state index contributed by atoms with van der Waals surface area (Å²) in [6.07, 6.45) is 5.43. The Hall–Kier alpha value is -1.75. The summed E-state index contributed by atoms with van der Waals surface area (Å²) in [5, 5.41) is 6.95. The first-order chi connectivity index (χ1) is 13.5. The van der Waals surface area contributed by atoms with Gasteiger partial charge in [-0.2, -0.15) is 0 Å². The Morgan fingerprint density at radius 3 is 2.36 bits per heavy atom. The molecule has 28 heavy (non-hydrogen) atoms. The average molecular weight is 389 g/mol. The van der Waals surface area contributed by atoms with Gasteiger partial charge in [0.1, 0.15) is 0 Å². The largest absolute Gasteiger partial charge is 0.490 e. The van der Waals surface area contributed by atoms with Crippen LogP contribution in [0, 0.1) is 11.8 Å². The summed E-state index contributed by atoms with van der Waals surface area (Å²) >= 11 is 0. The van der Waals surface area contributed by atoms with Crippen LogP contribution in [0.5, 0.6) is 11.5 Å². The summed E-state index contributed by atoms with van der Waals surface area (Å²) in [6, 6.07) is 7.24. The Labute approximate surface area is 169 Å². The normalized spacial score (nSPS) is 24.8. The Morgan fingerprint density at radius 1 is 1.11 bits per heavy atom. The van der Waals surface area contributed by atoms with Gasteiger partial charge in [0.25, 0.3) is 0 Å². The van der Waals surface area contributed by atoms with Crippen LogP contribution in [0.3, 0.4) is 0 Å². The van der Waals surface area contributed by atoms with Crippen LogP contribution >= 0.6 is 0 Å². The molecule has 0 saturated carbocycles. The standard InChI is InChI=1S/C23H36N2O3/c1-5-27-20-10-7-17(14-21(20)28-6-2)23(15(3)4)25-22(26)13-16-11-18-8-9-19(12-16)24-18/h7,10,14-16,18-19,23-24H,5-6,8-9,11-13H2,1-4H3,(H,25,26).